The zero-order valence-corrected chi connectivity index (χ0v) is 13.0. The summed E-state index contributed by atoms with van der Waals surface area (Å²) in [5.41, 5.74) is -0.749. The predicted octanol–water partition coefficient (Wildman–Crippen LogP) is 3.35. The Balaban J connectivity index is 1.90. The van der Waals surface area contributed by atoms with Crippen LogP contribution >= 0.6 is 0 Å². The fourth-order valence-corrected chi connectivity index (χ4v) is 5.65. The Bertz CT molecular complexity index is 803. The fraction of sp³-hybridized carbons (Fsp3) is 0.533. The Morgan fingerprint density at radius 3 is 2.70 bits per heavy atom. The average molecular weight is 344 g/mol. The minimum atomic E-state index is -4.34. The second-order valence-electron chi connectivity index (χ2n) is 6.40. The van der Waals surface area contributed by atoms with Gasteiger partial charge < -0.3 is 4.90 Å². The molecule has 124 valence electrons. The molecule has 1 aromatic carbocycles. The summed E-state index contributed by atoms with van der Waals surface area (Å²) in [6, 6.07) is 6.37. The maximum Gasteiger partial charge on any atom is 0.392 e. The highest BCUT2D eigenvalue weighted by Crippen LogP contribution is 2.58. The van der Waals surface area contributed by atoms with E-state index < -0.39 is 27.5 Å². The summed E-state index contributed by atoms with van der Waals surface area (Å²) in [7, 11) is -3.95. The Hall–Kier alpha value is -1.57. The Kier molecular flexibility index (Phi) is 2.93. The van der Waals surface area contributed by atoms with Crippen LogP contribution in [0.25, 0.3) is 0 Å². The SMILES string of the molecule is O=S1(=O)N=C2N(CCC23CCCC3C(F)(F)F)c2ccccc21. The third-order valence-corrected chi connectivity index (χ3v) is 6.62. The van der Waals surface area contributed by atoms with E-state index in [2.05, 4.69) is 4.40 Å². The molecule has 2 unspecified atom stereocenters. The van der Waals surface area contributed by atoms with E-state index in [1.807, 2.05) is 0 Å². The van der Waals surface area contributed by atoms with E-state index in [1.54, 1.807) is 23.1 Å². The van der Waals surface area contributed by atoms with Crippen molar-refractivity contribution >= 4 is 21.5 Å². The molecule has 2 aliphatic heterocycles. The van der Waals surface area contributed by atoms with E-state index in [0.717, 1.165) is 0 Å². The minimum Gasteiger partial charge on any atom is -0.327 e. The molecule has 1 aliphatic carbocycles. The van der Waals surface area contributed by atoms with Crippen molar-refractivity contribution in [2.45, 2.75) is 36.8 Å². The van der Waals surface area contributed by atoms with Crippen molar-refractivity contribution in [2.75, 3.05) is 11.4 Å². The number of anilines is 1. The maximum absolute atomic E-state index is 13.5. The van der Waals surface area contributed by atoms with Gasteiger partial charge in [0, 0.05) is 12.0 Å². The van der Waals surface area contributed by atoms with E-state index in [9.17, 15) is 21.6 Å². The Morgan fingerprint density at radius 2 is 1.96 bits per heavy atom. The molecule has 2 atom stereocenters. The smallest absolute Gasteiger partial charge is 0.327 e. The van der Waals surface area contributed by atoms with E-state index >= 15 is 0 Å². The molecule has 0 bridgehead atoms. The summed E-state index contributed by atoms with van der Waals surface area (Å²) in [6.07, 6.45) is -3.23. The number of benzene rings is 1. The van der Waals surface area contributed by atoms with E-state index in [4.69, 9.17) is 0 Å². The molecule has 3 aliphatic rings. The van der Waals surface area contributed by atoms with Gasteiger partial charge in [-0.1, -0.05) is 18.6 Å². The van der Waals surface area contributed by atoms with Gasteiger partial charge in [0.25, 0.3) is 10.0 Å². The van der Waals surface area contributed by atoms with Crippen molar-refractivity contribution in [2.24, 2.45) is 15.7 Å². The van der Waals surface area contributed by atoms with Crippen LogP contribution in [0.2, 0.25) is 0 Å². The Morgan fingerprint density at radius 1 is 1.22 bits per heavy atom. The van der Waals surface area contributed by atoms with Crippen molar-refractivity contribution in [3.05, 3.63) is 24.3 Å². The van der Waals surface area contributed by atoms with Crippen LogP contribution in [-0.2, 0) is 10.0 Å². The number of hydrogen-bond acceptors (Lipinski definition) is 3. The quantitative estimate of drug-likeness (QED) is 0.725. The summed E-state index contributed by atoms with van der Waals surface area (Å²) in [5.74, 6) is -1.42. The molecule has 1 saturated heterocycles. The predicted molar refractivity (Wildman–Crippen MR) is 78.9 cm³/mol. The van der Waals surface area contributed by atoms with Crippen LogP contribution in [-0.4, -0.2) is 27.0 Å². The lowest BCUT2D eigenvalue weighted by Gasteiger charge is -2.35. The molecule has 2 fully saturated rings. The normalized spacial score (nSPS) is 31.9. The monoisotopic (exact) mass is 344 g/mol. The second kappa shape index (κ2) is 4.49. The number of para-hydroxylation sites is 1. The lowest BCUT2D eigenvalue weighted by molar-refractivity contribution is -0.190. The maximum atomic E-state index is 13.5. The number of fused-ring (bicyclic) bond motifs is 4. The van der Waals surface area contributed by atoms with Gasteiger partial charge in [-0.15, -0.1) is 4.40 Å². The third kappa shape index (κ3) is 1.96. The summed E-state index contributed by atoms with van der Waals surface area (Å²) in [6.45, 7) is 0.373. The lowest BCUT2D eigenvalue weighted by atomic mass is 9.75. The van der Waals surface area contributed by atoms with Crippen LogP contribution in [0.15, 0.2) is 33.6 Å². The van der Waals surface area contributed by atoms with E-state index in [1.165, 1.54) is 6.07 Å². The van der Waals surface area contributed by atoms with Crippen LogP contribution in [0.5, 0.6) is 0 Å². The first-order valence-electron chi connectivity index (χ1n) is 7.54. The van der Waals surface area contributed by atoms with Crippen LogP contribution in [0.3, 0.4) is 0 Å². The minimum absolute atomic E-state index is 0.0397. The summed E-state index contributed by atoms with van der Waals surface area (Å²) < 4.78 is 69.1. The first-order chi connectivity index (χ1) is 10.8. The third-order valence-electron chi connectivity index (χ3n) is 5.30. The summed E-state index contributed by atoms with van der Waals surface area (Å²) in [4.78, 5) is 1.74. The van der Waals surface area contributed by atoms with Crippen LogP contribution in [0.1, 0.15) is 25.7 Å². The van der Waals surface area contributed by atoms with Crippen molar-refractivity contribution in [1.82, 2.24) is 0 Å². The van der Waals surface area contributed by atoms with Crippen molar-refractivity contribution < 1.29 is 21.6 Å². The topological polar surface area (TPSA) is 49.7 Å². The molecule has 0 aromatic heterocycles. The van der Waals surface area contributed by atoms with Gasteiger partial charge in [0.15, 0.2) is 0 Å². The number of alkyl halides is 3. The molecule has 0 amide bonds. The molecule has 0 radical (unpaired) electrons. The van der Waals surface area contributed by atoms with Crippen molar-refractivity contribution in [3.63, 3.8) is 0 Å². The highest BCUT2D eigenvalue weighted by molar-refractivity contribution is 7.90. The molecule has 23 heavy (non-hydrogen) atoms. The molecule has 0 N–H and O–H groups in total. The van der Waals surface area contributed by atoms with Gasteiger partial charge >= 0.3 is 6.18 Å². The highest BCUT2D eigenvalue weighted by atomic mass is 32.2. The van der Waals surface area contributed by atoms with E-state index in [0.29, 0.717) is 31.5 Å². The van der Waals surface area contributed by atoms with Gasteiger partial charge in [0.2, 0.25) is 0 Å². The molecular weight excluding hydrogens is 329 g/mol. The van der Waals surface area contributed by atoms with E-state index in [-0.39, 0.29) is 17.2 Å². The van der Waals surface area contributed by atoms with Crippen LogP contribution < -0.4 is 4.90 Å². The van der Waals surface area contributed by atoms with Crippen molar-refractivity contribution in [3.8, 4) is 0 Å². The molecule has 8 heteroatoms. The molecule has 1 aromatic rings. The number of halogens is 3. The fourth-order valence-electron chi connectivity index (χ4n) is 4.35. The summed E-state index contributed by atoms with van der Waals surface area (Å²) >= 11 is 0. The van der Waals surface area contributed by atoms with Gasteiger partial charge in [0.1, 0.15) is 10.7 Å². The van der Waals surface area contributed by atoms with Gasteiger partial charge in [0.05, 0.1) is 11.6 Å². The number of sulfonamides is 1. The summed E-state index contributed by atoms with van der Waals surface area (Å²) in [5, 5.41) is 0. The first-order valence-corrected chi connectivity index (χ1v) is 8.98. The zero-order chi connectivity index (χ0) is 16.5. The Labute approximate surface area is 132 Å². The zero-order valence-electron chi connectivity index (χ0n) is 12.2. The van der Waals surface area contributed by atoms with Gasteiger partial charge in [-0.3, -0.25) is 0 Å². The first kappa shape index (κ1) is 15.0. The molecule has 4 rings (SSSR count). The number of hydrogen-bond donors (Lipinski definition) is 0. The number of nitrogens with zero attached hydrogens (tertiary/aromatic N) is 2. The van der Waals surface area contributed by atoms with Crippen LogP contribution in [0, 0.1) is 11.3 Å². The van der Waals surface area contributed by atoms with Gasteiger partial charge in [-0.25, -0.2) is 0 Å². The largest absolute Gasteiger partial charge is 0.392 e. The molecule has 1 saturated carbocycles. The highest BCUT2D eigenvalue weighted by Gasteiger charge is 2.62. The van der Waals surface area contributed by atoms with Crippen molar-refractivity contribution in [1.29, 1.82) is 0 Å². The van der Waals surface area contributed by atoms with Crippen LogP contribution in [0.4, 0.5) is 18.9 Å². The lowest BCUT2D eigenvalue weighted by Crippen LogP contribution is -2.44. The molecule has 4 nitrogen and oxygen atoms in total. The standard InChI is InChI=1S/C15H15F3N2O2S/c16-15(17,18)12-6-3-7-14(12)8-9-20-10-4-1-2-5-11(10)23(21,22)19-13(14)20/h1-2,4-5,12H,3,6-9H2. The molecule has 2 heterocycles. The second-order valence-corrected chi connectivity index (χ2v) is 7.97. The molecule has 1 spiro atoms. The molecular formula is C15H15F3N2O2S. The number of rotatable bonds is 0. The van der Waals surface area contributed by atoms with Gasteiger partial charge in [-0.2, -0.15) is 21.6 Å². The van der Waals surface area contributed by atoms with Gasteiger partial charge in [-0.05, 0) is 31.4 Å². The number of amidine groups is 1. The average Bonchev–Trinajstić information content (AvgIpc) is 3.05.